The Kier molecular flexibility index (Phi) is 5.21. The second kappa shape index (κ2) is 7.12. The quantitative estimate of drug-likeness (QED) is 0.841. The van der Waals surface area contributed by atoms with Gasteiger partial charge in [-0.15, -0.1) is 0 Å². The van der Waals surface area contributed by atoms with E-state index in [-0.39, 0.29) is 0 Å². The van der Waals surface area contributed by atoms with Gasteiger partial charge in [-0.3, -0.25) is 0 Å². The Morgan fingerprint density at radius 1 is 1.10 bits per heavy atom. The average Bonchev–Trinajstić information content (AvgIpc) is 2.48. The number of methoxy groups -OCH3 is 1. The van der Waals surface area contributed by atoms with Crippen LogP contribution in [0.25, 0.3) is 0 Å². The highest BCUT2D eigenvalue weighted by atomic mass is 35.5. The molecule has 2 N–H and O–H groups in total. The molecule has 5 heteroatoms. The van der Waals surface area contributed by atoms with E-state index in [0.29, 0.717) is 16.7 Å². The van der Waals surface area contributed by atoms with Gasteiger partial charge < -0.3 is 15.4 Å². The highest BCUT2D eigenvalue weighted by molar-refractivity contribution is 7.80. The van der Waals surface area contributed by atoms with Crippen LogP contribution in [0.2, 0.25) is 5.02 Å². The summed E-state index contributed by atoms with van der Waals surface area (Å²) in [6, 6.07) is 15.2. The maximum Gasteiger partial charge on any atom is 0.171 e. The van der Waals surface area contributed by atoms with Crippen molar-refractivity contribution in [1.29, 1.82) is 0 Å². The molecule has 104 valence electrons. The van der Waals surface area contributed by atoms with E-state index >= 15 is 0 Å². The molecular weight excluding hydrogens is 292 g/mol. The van der Waals surface area contributed by atoms with Crippen molar-refractivity contribution in [2.75, 3.05) is 12.4 Å². The lowest BCUT2D eigenvalue weighted by Gasteiger charge is -2.11. The van der Waals surface area contributed by atoms with E-state index < -0.39 is 0 Å². The van der Waals surface area contributed by atoms with Crippen molar-refractivity contribution in [3.63, 3.8) is 0 Å². The number of thiocarbonyl (C=S) groups is 1. The van der Waals surface area contributed by atoms with Crippen molar-refractivity contribution < 1.29 is 4.74 Å². The molecule has 0 unspecified atom stereocenters. The second-order valence-corrected chi connectivity index (χ2v) is 5.01. The van der Waals surface area contributed by atoms with Gasteiger partial charge >= 0.3 is 0 Å². The Balaban J connectivity index is 1.83. The minimum atomic E-state index is 0.572. The number of benzene rings is 2. The third kappa shape index (κ3) is 4.40. The minimum absolute atomic E-state index is 0.572. The molecule has 0 aromatic heterocycles. The molecule has 0 saturated heterocycles. The molecule has 0 atom stereocenters. The van der Waals surface area contributed by atoms with Gasteiger partial charge in [0.15, 0.2) is 5.11 Å². The summed E-state index contributed by atoms with van der Waals surface area (Å²) in [6.45, 7) is 0.656. The molecule has 2 aromatic carbocycles. The molecule has 0 spiro atoms. The maximum absolute atomic E-state index is 5.83. The fourth-order valence-corrected chi connectivity index (χ4v) is 1.95. The summed E-state index contributed by atoms with van der Waals surface area (Å²) >= 11 is 11.1. The Morgan fingerprint density at radius 3 is 2.35 bits per heavy atom. The van der Waals surface area contributed by atoms with Crippen molar-refractivity contribution in [3.05, 3.63) is 59.1 Å². The fraction of sp³-hybridized carbons (Fsp3) is 0.133. The van der Waals surface area contributed by atoms with E-state index in [9.17, 15) is 0 Å². The largest absolute Gasteiger partial charge is 0.497 e. The summed E-state index contributed by atoms with van der Waals surface area (Å²) < 4.78 is 5.11. The average molecular weight is 307 g/mol. The fourth-order valence-electron chi connectivity index (χ4n) is 1.63. The molecule has 0 aliphatic carbocycles. The molecule has 0 radical (unpaired) electrons. The van der Waals surface area contributed by atoms with Crippen LogP contribution in [0.3, 0.4) is 0 Å². The lowest BCUT2D eigenvalue weighted by Crippen LogP contribution is -2.27. The first-order valence-corrected chi connectivity index (χ1v) is 6.89. The van der Waals surface area contributed by atoms with Gasteiger partial charge in [-0.25, -0.2) is 0 Å². The summed E-state index contributed by atoms with van der Waals surface area (Å²) in [6.07, 6.45) is 0. The molecule has 0 aliphatic rings. The lowest BCUT2D eigenvalue weighted by atomic mass is 10.2. The van der Waals surface area contributed by atoms with Crippen molar-refractivity contribution in [2.24, 2.45) is 0 Å². The standard InChI is InChI=1S/C15H15ClN2OS/c1-19-14-8-2-11(3-9-14)10-17-15(20)18-13-6-4-12(16)5-7-13/h2-9H,10H2,1H3,(H2,17,18,20). The molecule has 2 rings (SSSR count). The van der Waals surface area contributed by atoms with Crippen LogP contribution in [-0.2, 0) is 6.54 Å². The SMILES string of the molecule is COc1ccc(CNC(=S)Nc2ccc(Cl)cc2)cc1. The Hall–Kier alpha value is -1.78. The van der Waals surface area contributed by atoms with Crippen LogP contribution in [0, 0.1) is 0 Å². The zero-order valence-corrected chi connectivity index (χ0v) is 12.6. The first kappa shape index (κ1) is 14.6. The third-order valence-electron chi connectivity index (χ3n) is 2.71. The highest BCUT2D eigenvalue weighted by Crippen LogP contribution is 2.13. The van der Waals surface area contributed by atoms with Gasteiger partial charge in [0, 0.05) is 17.3 Å². The van der Waals surface area contributed by atoms with E-state index in [2.05, 4.69) is 10.6 Å². The van der Waals surface area contributed by atoms with Crippen LogP contribution in [-0.4, -0.2) is 12.2 Å². The predicted molar refractivity (Wildman–Crippen MR) is 87.5 cm³/mol. The van der Waals surface area contributed by atoms with Crippen molar-refractivity contribution in [1.82, 2.24) is 5.32 Å². The molecule has 20 heavy (non-hydrogen) atoms. The number of halogens is 1. The number of ether oxygens (including phenoxy) is 1. The topological polar surface area (TPSA) is 33.3 Å². The van der Waals surface area contributed by atoms with E-state index in [0.717, 1.165) is 17.0 Å². The normalized spacial score (nSPS) is 9.90. The second-order valence-electron chi connectivity index (χ2n) is 4.16. The van der Waals surface area contributed by atoms with Crippen molar-refractivity contribution in [3.8, 4) is 5.75 Å². The smallest absolute Gasteiger partial charge is 0.171 e. The molecule has 0 saturated carbocycles. The van der Waals surface area contributed by atoms with Gasteiger partial charge in [0.25, 0.3) is 0 Å². The minimum Gasteiger partial charge on any atom is -0.497 e. The molecule has 2 aromatic rings. The lowest BCUT2D eigenvalue weighted by molar-refractivity contribution is 0.414. The van der Waals surface area contributed by atoms with Crippen LogP contribution in [0.1, 0.15) is 5.56 Å². The Bertz CT molecular complexity index is 569. The summed E-state index contributed by atoms with van der Waals surface area (Å²) in [5, 5.41) is 7.52. The summed E-state index contributed by atoms with van der Waals surface area (Å²) in [4.78, 5) is 0. The number of nitrogens with one attached hydrogen (secondary N) is 2. The maximum atomic E-state index is 5.83. The molecule has 3 nitrogen and oxygen atoms in total. The van der Waals surface area contributed by atoms with Crippen molar-refractivity contribution >= 4 is 34.6 Å². The zero-order valence-electron chi connectivity index (χ0n) is 11.0. The van der Waals surface area contributed by atoms with Gasteiger partial charge in [-0.05, 0) is 54.2 Å². The monoisotopic (exact) mass is 306 g/mol. The van der Waals surface area contributed by atoms with E-state index in [1.807, 2.05) is 48.5 Å². The summed E-state index contributed by atoms with van der Waals surface area (Å²) in [5.74, 6) is 0.843. The Morgan fingerprint density at radius 2 is 1.75 bits per heavy atom. The van der Waals surface area contributed by atoms with Crippen molar-refractivity contribution in [2.45, 2.75) is 6.54 Å². The van der Waals surface area contributed by atoms with Crippen LogP contribution in [0.15, 0.2) is 48.5 Å². The van der Waals surface area contributed by atoms with E-state index in [1.54, 1.807) is 7.11 Å². The van der Waals surface area contributed by atoms with Crippen LogP contribution in [0.4, 0.5) is 5.69 Å². The van der Waals surface area contributed by atoms with Gasteiger partial charge in [0.1, 0.15) is 5.75 Å². The first-order valence-electron chi connectivity index (χ1n) is 6.11. The summed E-state index contributed by atoms with van der Waals surface area (Å²) in [7, 11) is 1.65. The van der Waals surface area contributed by atoms with Gasteiger partial charge in [-0.2, -0.15) is 0 Å². The highest BCUT2D eigenvalue weighted by Gasteiger charge is 1.99. The van der Waals surface area contributed by atoms with Crippen LogP contribution in [0.5, 0.6) is 5.75 Å². The molecule has 0 fully saturated rings. The molecule has 0 aliphatic heterocycles. The van der Waals surface area contributed by atoms with E-state index in [4.69, 9.17) is 28.6 Å². The molecule has 0 heterocycles. The van der Waals surface area contributed by atoms with Gasteiger partial charge in [0.2, 0.25) is 0 Å². The Labute approximate surface area is 128 Å². The predicted octanol–water partition coefficient (Wildman–Crippen LogP) is 3.84. The number of hydrogen-bond acceptors (Lipinski definition) is 2. The number of hydrogen-bond donors (Lipinski definition) is 2. The zero-order chi connectivity index (χ0) is 14.4. The van der Waals surface area contributed by atoms with Crippen LogP contribution >= 0.6 is 23.8 Å². The number of rotatable bonds is 4. The number of anilines is 1. The first-order chi connectivity index (χ1) is 9.67. The third-order valence-corrected chi connectivity index (χ3v) is 3.21. The van der Waals surface area contributed by atoms with Gasteiger partial charge in [0.05, 0.1) is 7.11 Å². The molecule has 0 amide bonds. The molecule has 0 bridgehead atoms. The molecular formula is C15H15ClN2OS. The summed E-state index contributed by atoms with van der Waals surface area (Å²) in [5.41, 5.74) is 2.03. The van der Waals surface area contributed by atoms with Crippen LogP contribution < -0.4 is 15.4 Å². The van der Waals surface area contributed by atoms with Gasteiger partial charge in [-0.1, -0.05) is 23.7 Å². The van der Waals surface area contributed by atoms with E-state index in [1.165, 1.54) is 0 Å².